The molecule has 1 unspecified atom stereocenters. The number of amides is 2. The second-order valence-electron chi connectivity index (χ2n) is 7.16. The summed E-state index contributed by atoms with van der Waals surface area (Å²) in [7, 11) is 1.99. The van der Waals surface area contributed by atoms with E-state index >= 15 is 0 Å². The zero-order valence-corrected chi connectivity index (χ0v) is 15.4. The van der Waals surface area contributed by atoms with Crippen LogP contribution in [0.3, 0.4) is 0 Å². The first-order valence-electron chi connectivity index (χ1n) is 9.44. The molecule has 1 aliphatic heterocycles. The van der Waals surface area contributed by atoms with Gasteiger partial charge in [-0.15, -0.1) is 0 Å². The maximum Gasteiger partial charge on any atom is 0.244 e. The predicted octanol–water partition coefficient (Wildman–Crippen LogP) is 2.15. The summed E-state index contributed by atoms with van der Waals surface area (Å²) in [6.45, 7) is 5.48. The Morgan fingerprint density at radius 2 is 1.68 bits per heavy atom. The molecule has 2 aliphatic rings. The van der Waals surface area contributed by atoms with Crippen LogP contribution in [-0.2, 0) is 9.59 Å². The highest BCUT2D eigenvalue weighted by molar-refractivity contribution is 5.84. The molecule has 2 amide bonds. The molecule has 0 aromatic heterocycles. The normalized spacial score (nSPS) is 19.6. The van der Waals surface area contributed by atoms with E-state index in [0.717, 1.165) is 24.9 Å². The number of hydrogen-bond acceptors (Lipinski definition) is 3. The summed E-state index contributed by atoms with van der Waals surface area (Å²) in [5, 5.41) is 0. The van der Waals surface area contributed by atoms with Crippen LogP contribution < -0.4 is 0 Å². The predicted molar refractivity (Wildman–Crippen MR) is 98.0 cm³/mol. The number of rotatable bonds is 5. The van der Waals surface area contributed by atoms with Crippen molar-refractivity contribution in [2.45, 2.75) is 32.2 Å². The molecular formula is C20H29N3O2. The lowest BCUT2D eigenvalue weighted by Gasteiger charge is -2.40. The molecule has 3 rings (SSSR count). The van der Waals surface area contributed by atoms with Gasteiger partial charge in [0.05, 0.1) is 0 Å². The number of piperazine rings is 1. The van der Waals surface area contributed by atoms with Crippen LogP contribution in [0.2, 0.25) is 0 Å². The van der Waals surface area contributed by atoms with E-state index in [1.54, 1.807) is 0 Å². The molecule has 0 radical (unpaired) electrons. The molecule has 5 nitrogen and oxygen atoms in total. The van der Waals surface area contributed by atoms with Gasteiger partial charge in [-0.05, 0) is 32.0 Å². The van der Waals surface area contributed by atoms with Crippen molar-refractivity contribution >= 4 is 11.8 Å². The first-order chi connectivity index (χ1) is 12.1. The van der Waals surface area contributed by atoms with E-state index in [-0.39, 0.29) is 17.9 Å². The Morgan fingerprint density at radius 1 is 1.08 bits per heavy atom. The molecule has 0 bridgehead atoms. The van der Waals surface area contributed by atoms with Crippen LogP contribution >= 0.6 is 0 Å². The summed E-state index contributed by atoms with van der Waals surface area (Å²) in [6, 6.07) is 9.72. The van der Waals surface area contributed by atoms with Gasteiger partial charge in [-0.1, -0.05) is 43.7 Å². The molecule has 136 valence electrons. The van der Waals surface area contributed by atoms with Crippen molar-refractivity contribution in [1.82, 2.24) is 14.7 Å². The third kappa shape index (κ3) is 3.87. The molecule has 0 spiro atoms. The highest BCUT2D eigenvalue weighted by Crippen LogP contribution is 2.29. The maximum atomic E-state index is 13.2. The molecule has 1 heterocycles. The number of nitrogens with zero attached hydrogens (tertiary/aromatic N) is 3. The fraction of sp³-hybridized carbons (Fsp3) is 0.600. The molecule has 0 N–H and O–H groups in total. The molecule has 1 saturated carbocycles. The molecule has 2 fully saturated rings. The van der Waals surface area contributed by atoms with Gasteiger partial charge in [-0.2, -0.15) is 0 Å². The molecule has 5 heteroatoms. The van der Waals surface area contributed by atoms with Gasteiger partial charge < -0.3 is 9.80 Å². The van der Waals surface area contributed by atoms with Crippen molar-refractivity contribution in [3.05, 3.63) is 35.9 Å². The maximum absolute atomic E-state index is 13.2. The second kappa shape index (κ2) is 8.00. The first kappa shape index (κ1) is 17.9. The van der Waals surface area contributed by atoms with E-state index < -0.39 is 0 Å². The van der Waals surface area contributed by atoms with Gasteiger partial charge in [-0.3, -0.25) is 14.5 Å². The largest absolute Gasteiger partial charge is 0.339 e. The number of benzene rings is 1. The lowest BCUT2D eigenvalue weighted by Crippen LogP contribution is -2.54. The Balaban J connectivity index is 1.64. The Morgan fingerprint density at radius 3 is 2.20 bits per heavy atom. The minimum absolute atomic E-state index is 0.145. The van der Waals surface area contributed by atoms with Crippen LogP contribution in [0.1, 0.15) is 37.8 Å². The number of likely N-dealkylation sites (N-methyl/N-ethyl adjacent to an activating group) is 1. The Labute approximate surface area is 150 Å². The highest BCUT2D eigenvalue weighted by atomic mass is 16.2. The van der Waals surface area contributed by atoms with Crippen LogP contribution in [-0.4, -0.2) is 66.3 Å². The lowest BCUT2D eigenvalue weighted by atomic mass is 9.84. The van der Waals surface area contributed by atoms with Gasteiger partial charge >= 0.3 is 0 Å². The molecule has 1 atom stereocenters. The van der Waals surface area contributed by atoms with Gasteiger partial charge in [0, 0.05) is 32.1 Å². The smallest absolute Gasteiger partial charge is 0.244 e. The summed E-state index contributed by atoms with van der Waals surface area (Å²) in [5.74, 6) is 0.681. The van der Waals surface area contributed by atoms with Crippen LogP contribution in [0.25, 0.3) is 0 Å². The monoisotopic (exact) mass is 343 g/mol. The first-order valence-corrected chi connectivity index (χ1v) is 9.44. The fourth-order valence-electron chi connectivity index (χ4n) is 3.64. The minimum atomic E-state index is -0.250. The van der Waals surface area contributed by atoms with E-state index in [1.807, 2.05) is 47.2 Å². The van der Waals surface area contributed by atoms with Crippen molar-refractivity contribution in [3.63, 3.8) is 0 Å². The minimum Gasteiger partial charge on any atom is -0.339 e. The highest BCUT2D eigenvalue weighted by Gasteiger charge is 2.34. The third-order valence-corrected chi connectivity index (χ3v) is 5.65. The van der Waals surface area contributed by atoms with Crippen molar-refractivity contribution in [1.29, 1.82) is 0 Å². The molecule has 25 heavy (non-hydrogen) atoms. The number of carbonyl (C=O) groups is 2. The van der Waals surface area contributed by atoms with Gasteiger partial charge in [-0.25, -0.2) is 0 Å². The Kier molecular flexibility index (Phi) is 5.74. The Hall–Kier alpha value is -1.88. The van der Waals surface area contributed by atoms with Crippen LogP contribution in [0.15, 0.2) is 30.3 Å². The van der Waals surface area contributed by atoms with Gasteiger partial charge in [0.2, 0.25) is 11.8 Å². The molecular weight excluding hydrogens is 314 g/mol. The van der Waals surface area contributed by atoms with Crippen molar-refractivity contribution < 1.29 is 9.59 Å². The number of carbonyl (C=O) groups excluding carboxylic acids is 2. The van der Waals surface area contributed by atoms with E-state index in [4.69, 9.17) is 0 Å². The van der Waals surface area contributed by atoms with Crippen LogP contribution in [0.5, 0.6) is 0 Å². The third-order valence-electron chi connectivity index (χ3n) is 5.65. The zero-order chi connectivity index (χ0) is 17.8. The zero-order valence-electron chi connectivity index (χ0n) is 15.4. The van der Waals surface area contributed by atoms with E-state index in [1.165, 1.54) is 6.42 Å². The average molecular weight is 343 g/mol. The second-order valence-corrected chi connectivity index (χ2v) is 7.16. The SMILES string of the molecule is CCN(C)C(C(=O)N1CCN(C(=O)C2CCC2)CC1)c1ccccc1. The topological polar surface area (TPSA) is 43.9 Å². The number of hydrogen-bond donors (Lipinski definition) is 0. The lowest BCUT2D eigenvalue weighted by molar-refractivity contribution is -0.146. The standard InChI is InChI=1S/C20H29N3O2/c1-3-21(2)18(16-8-5-4-6-9-16)20(25)23-14-12-22(13-15-23)19(24)17-10-7-11-17/h4-6,8-9,17-18H,3,7,10-15H2,1-2H3. The molecule has 1 saturated heterocycles. The van der Waals surface area contributed by atoms with Gasteiger partial charge in [0.25, 0.3) is 0 Å². The van der Waals surface area contributed by atoms with Crippen LogP contribution in [0.4, 0.5) is 0 Å². The van der Waals surface area contributed by atoms with Crippen molar-refractivity contribution in [3.8, 4) is 0 Å². The summed E-state index contributed by atoms with van der Waals surface area (Å²) >= 11 is 0. The average Bonchev–Trinajstić information content (AvgIpc) is 2.61. The quantitative estimate of drug-likeness (QED) is 0.823. The Bertz CT molecular complexity index is 592. The van der Waals surface area contributed by atoms with Gasteiger partial charge in [0.15, 0.2) is 0 Å². The van der Waals surface area contributed by atoms with Crippen LogP contribution in [0, 0.1) is 5.92 Å². The van der Waals surface area contributed by atoms with E-state index in [9.17, 15) is 9.59 Å². The molecule has 1 aromatic rings. The summed E-state index contributed by atoms with van der Waals surface area (Å²) in [6.07, 6.45) is 3.25. The fourth-order valence-corrected chi connectivity index (χ4v) is 3.64. The van der Waals surface area contributed by atoms with Gasteiger partial charge in [0.1, 0.15) is 6.04 Å². The summed E-state index contributed by atoms with van der Waals surface area (Å²) < 4.78 is 0. The molecule has 1 aliphatic carbocycles. The summed E-state index contributed by atoms with van der Waals surface area (Å²) in [4.78, 5) is 31.5. The summed E-state index contributed by atoms with van der Waals surface area (Å²) in [5.41, 5.74) is 1.03. The van der Waals surface area contributed by atoms with Crippen molar-refractivity contribution in [2.75, 3.05) is 39.8 Å². The van der Waals surface area contributed by atoms with E-state index in [2.05, 4.69) is 11.8 Å². The molecule has 1 aromatic carbocycles. The van der Waals surface area contributed by atoms with Crippen molar-refractivity contribution in [2.24, 2.45) is 5.92 Å². The van der Waals surface area contributed by atoms with E-state index in [0.29, 0.717) is 32.1 Å².